The Labute approximate surface area is 120 Å². The van der Waals surface area contributed by atoms with E-state index >= 15 is 0 Å². The van der Waals surface area contributed by atoms with Crippen molar-refractivity contribution in [3.05, 3.63) is 59.9 Å². The van der Waals surface area contributed by atoms with Crippen LogP contribution >= 0.6 is 0 Å². The van der Waals surface area contributed by atoms with Crippen molar-refractivity contribution in [2.75, 3.05) is 6.54 Å². The zero-order valence-corrected chi connectivity index (χ0v) is 12.0. The van der Waals surface area contributed by atoms with Crippen LogP contribution in [0.25, 0.3) is 11.1 Å². The standard InChI is InChI=1S/C18H22FN/c1-14(11-12-20)5-6-15-7-9-16(10-8-15)17-3-2-4-18(19)13-17/h2-4,7-10,13-14H,5-6,11-12,20H2,1H3. The summed E-state index contributed by atoms with van der Waals surface area (Å²) in [7, 11) is 0. The maximum atomic E-state index is 13.2. The van der Waals surface area contributed by atoms with Crippen molar-refractivity contribution in [2.45, 2.75) is 26.2 Å². The molecule has 0 aliphatic rings. The summed E-state index contributed by atoms with van der Waals surface area (Å²) in [6.45, 7) is 3.01. The van der Waals surface area contributed by atoms with Gasteiger partial charge in [-0.1, -0.05) is 43.3 Å². The molecule has 0 spiro atoms. The van der Waals surface area contributed by atoms with Crippen LogP contribution in [0.15, 0.2) is 48.5 Å². The Morgan fingerprint density at radius 3 is 2.40 bits per heavy atom. The summed E-state index contributed by atoms with van der Waals surface area (Å²) >= 11 is 0. The highest BCUT2D eigenvalue weighted by Gasteiger charge is 2.03. The quantitative estimate of drug-likeness (QED) is 0.827. The number of hydrogen-bond donors (Lipinski definition) is 1. The van der Waals surface area contributed by atoms with E-state index < -0.39 is 0 Å². The van der Waals surface area contributed by atoms with Crippen LogP contribution in [0, 0.1) is 11.7 Å². The molecule has 0 radical (unpaired) electrons. The van der Waals surface area contributed by atoms with Crippen molar-refractivity contribution in [3.63, 3.8) is 0 Å². The highest BCUT2D eigenvalue weighted by molar-refractivity contribution is 5.63. The fourth-order valence-corrected chi connectivity index (χ4v) is 2.37. The van der Waals surface area contributed by atoms with Gasteiger partial charge in [0, 0.05) is 0 Å². The molecule has 0 amide bonds. The molecule has 2 rings (SSSR count). The third-order valence-electron chi connectivity index (χ3n) is 3.70. The first-order valence-electron chi connectivity index (χ1n) is 7.24. The second kappa shape index (κ2) is 7.20. The van der Waals surface area contributed by atoms with Crippen molar-refractivity contribution in [3.8, 4) is 11.1 Å². The van der Waals surface area contributed by atoms with Gasteiger partial charge in [0.2, 0.25) is 0 Å². The molecule has 106 valence electrons. The van der Waals surface area contributed by atoms with E-state index in [0.717, 1.165) is 36.9 Å². The SMILES string of the molecule is CC(CCN)CCc1ccc(-c2cccc(F)c2)cc1. The Morgan fingerprint density at radius 2 is 1.75 bits per heavy atom. The maximum absolute atomic E-state index is 13.2. The zero-order valence-electron chi connectivity index (χ0n) is 12.0. The minimum Gasteiger partial charge on any atom is -0.330 e. The first-order chi connectivity index (χ1) is 9.69. The summed E-state index contributed by atoms with van der Waals surface area (Å²) in [5.41, 5.74) is 8.87. The molecule has 0 fully saturated rings. The van der Waals surface area contributed by atoms with Crippen molar-refractivity contribution in [1.29, 1.82) is 0 Å². The van der Waals surface area contributed by atoms with Gasteiger partial charge >= 0.3 is 0 Å². The largest absolute Gasteiger partial charge is 0.330 e. The van der Waals surface area contributed by atoms with E-state index in [0.29, 0.717) is 5.92 Å². The molecule has 2 heteroatoms. The predicted molar refractivity (Wildman–Crippen MR) is 83.0 cm³/mol. The fourth-order valence-electron chi connectivity index (χ4n) is 2.37. The van der Waals surface area contributed by atoms with Crippen LogP contribution in [-0.2, 0) is 6.42 Å². The smallest absolute Gasteiger partial charge is 0.123 e. The summed E-state index contributed by atoms with van der Waals surface area (Å²) in [5.74, 6) is 0.477. The van der Waals surface area contributed by atoms with Gasteiger partial charge in [0.1, 0.15) is 5.82 Å². The van der Waals surface area contributed by atoms with Crippen LogP contribution < -0.4 is 5.73 Å². The van der Waals surface area contributed by atoms with Gasteiger partial charge in [-0.15, -0.1) is 0 Å². The fraction of sp³-hybridized carbons (Fsp3) is 0.333. The molecule has 20 heavy (non-hydrogen) atoms. The summed E-state index contributed by atoms with van der Waals surface area (Å²) in [6.07, 6.45) is 3.32. The van der Waals surface area contributed by atoms with Gasteiger partial charge in [-0.25, -0.2) is 4.39 Å². The molecule has 0 aliphatic heterocycles. The molecule has 0 saturated carbocycles. The van der Waals surface area contributed by atoms with E-state index in [-0.39, 0.29) is 5.82 Å². The van der Waals surface area contributed by atoms with E-state index in [4.69, 9.17) is 5.73 Å². The van der Waals surface area contributed by atoms with Crippen LogP contribution in [-0.4, -0.2) is 6.54 Å². The topological polar surface area (TPSA) is 26.0 Å². The molecule has 2 aromatic rings. The lowest BCUT2D eigenvalue weighted by Crippen LogP contribution is -2.06. The van der Waals surface area contributed by atoms with Gasteiger partial charge < -0.3 is 5.73 Å². The Kier molecular flexibility index (Phi) is 5.31. The van der Waals surface area contributed by atoms with Gasteiger partial charge in [-0.2, -0.15) is 0 Å². The van der Waals surface area contributed by atoms with Crippen molar-refractivity contribution in [1.82, 2.24) is 0 Å². The highest BCUT2D eigenvalue weighted by atomic mass is 19.1. The van der Waals surface area contributed by atoms with Gasteiger partial charge in [-0.05, 0) is 60.5 Å². The summed E-state index contributed by atoms with van der Waals surface area (Å²) < 4.78 is 13.2. The number of nitrogens with two attached hydrogens (primary N) is 1. The molecule has 1 atom stereocenters. The molecule has 0 bridgehead atoms. The van der Waals surface area contributed by atoms with Crippen molar-refractivity contribution < 1.29 is 4.39 Å². The molecule has 1 unspecified atom stereocenters. The Balaban J connectivity index is 1.99. The average molecular weight is 271 g/mol. The predicted octanol–water partition coefficient (Wildman–Crippen LogP) is 4.41. The first-order valence-corrected chi connectivity index (χ1v) is 7.24. The Morgan fingerprint density at radius 1 is 1.00 bits per heavy atom. The minimum absolute atomic E-state index is 0.192. The van der Waals surface area contributed by atoms with Crippen LogP contribution in [0.3, 0.4) is 0 Å². The van der Waals surface area contributed by atoms with Crippen LogP contribution in [0.4, 0.5) is 4.39 Å². The normalized spacial score (nSPS) is 12.3. The second-order valence-electron chi connectivity index (χ2n) is 5.43. The Hall–Kier alpha value is -1.67. The van der Waals surface area contributed by atoms with E-state index in [1.165, 1.54) is 11.6 Å². The second-order valence-corrected chi connectivity index (χ2v) is 5.43. The van der Waals surface area contributed by atoms with Crippen molar-refractivity contribution >= 4 is 0 Å². The zero-order chi connectivity index (χ0) is 14.4. The maximum Gasteiger partial charge on any atom is 0.123 e. The number of benzene rings is 2. The molecule has 0 aliphatic carbocycles. The lowest BCUT2D eigenvalue weighted by atomic mass is 9.97. The average Bonchev–Trinajstić information content (AvgIpc) is 2.46. The Bertz CT molecular complexity index is 533. The van der Waals surface area contributed by atoms with E-state index in [9.17, 15) is 4.39 Å². The highest BCUT2D eigenvalue weighted by Crippen LogP contribution is 2.21. The van der Waals surface area contributed by atoms with Gasteiger partial charge in [-0.3, -0.25) is 0 Å². The molecule has 2 N–H and O–H groups in total. The first kappa shape index (κ1) is 14.7. The molecular weight excluding hydrogens is 249 g/mol. The number of halogens is 1. The summed E-state index contributed by atoms with van der Waals surface area (Å²) in [6, 6.07) is 15.1. The third kappa shape index (κ3) is 4.17. The third-order valence-corrected chi connectivity index (χ3v) is 3.70. The molecule has 0 saturated heterocycles. The van der Waals surface area contributed by atoms with E-state index in [2.05, 4.69) is 31.2 Å². The number of aryl methyl sites for hydroxylation is 1. The molecule has 0 aromatic heterocycles. The van der Waals surface area contributed by atoms with Gasteiger partial charge in [0.25, 0.3) is 0 Å². The number of hydrogen-bond acceptors (Lipinski definition) is 1. The monoisotopic (exact) mass is 271 g/mol. The van der Waals surface area contributed by atoms with Crippen LogP contribution in [0.1, 0.15) is 25.3 Å². The van der Waals surface area contributed by atoms with E-state index in [1.807, 2.05) is 6.07 Å². The molecule has 0 heterocycles. The minimum atomic E-state index is -0.192. The van der Waals surface area contributed by atoms with Crippen LogP contribution in [0.5, 0.6) is 0 Å². The summed E-state index contributed by atoms with van der Waals surface area (Å²) in [5, 5.41) is 0. The molecule has 1 nitrogen and oxygen atoms in total. The lowest BCUT2D eigenvalue weighted by Gasteiger charge is -2.10. The van der Waals surface area contributed by atoms with Gasteiger partial charge in [0.15, 0.2) is 0 Å². The molecular formula is C18H22FN. The summed E-state index contributed by atoms with van der Waals surface area (Å²) in [4.78, 5) is 0. The lowest BCUT2D eigenvalue weighted by molar-refractivity contribution is 0.500. The van der Waals surface area contributed by atoms with Crippen molar-refractivity contribution in [2.24, 2.45) is 11.7 Å². The molecule has 2 aromatic carbocycles. The van der Waals surface area contributed by atoms with Gasteiger partial charge in [0.05, 0.1) is 0 Å². The number of rotatable bonds is 6. The van der Waals surface area contributed by atoms with E-state index in [1.54, 1.807) is 12.1 Å². The van der Waals surface area contributed by atoms with Crippen LogP contribution in [0.2, 0.25) is 0 Å².